The molecule has 4 rings (SSSR count). The first kappa shape index (κ1) is 18.8. The summed E-state index contributed by atoms with van der Waals surface area (Å²) in [5.74, 6) is 1.29. The Morgan fingerprint density at radius 2 is 1.79 bits per heavy atom. The van der Waals surface area contributed by atoms with E-state index in [9.17, 15) is 4.79 Å². The summed E-state index contributed by atoms with van der Waals surface area (Å²) in [5.41, 5.74) is 1.47. The lowest BCUT2D eigenvalue weighted by Gasteiger charge is -2.30. The van der Waals surface area contributed by atoms with E-state index in [2.05, 4.69) is 15.5 Å². The molecule has 1 saturated heterocycles. The third-order valence-electron chi connectivity index (χ3n) is 4.79. The van der Waals surface area contributed by atoms with E-state index in [4.69, 9.17) is 27.7 Å². The number of urea groups is 1. The Kier molecular flexibility index (Phi) is 5.50. The molecule has 0 saturated carbocycles. The zero-order valence-electron chi connectivity index (χ0n) is 14.9. The smallest absolute Gasteiger partial charge is 0.321 e. The van der Waals surface area contributed by atoms with E-state index in [1.807, 2.05) is 24.3 Å². The van der Waals surface area contributed by atoms with Crippen molar-refractivity contribution < 1.29 is 9.32 Å². The minimum atomic E-state index is -0.154. The van der Waals surface area contributed by atoms with E-state index < -0.39 is 0 Å². The lowest BCUT2D eigenvalue weighted by Crippen LogP contribution is -2.40. The standard InChI is InChI=1S/C20H18Cl2N4O2/c21-15-7-5-13(6-8-15)18-24-19(28-25-18)14-9-11-26(12-10-14)20(27)23-17-4-2-1-3-16(17)22/h1-8,14H,9-12H2,(H,23,27). The summed E-state index contributed by atoms with van der Waals surface area (Å²) in [4.78, 5) is 18.8. The number of hydrogen-bond donors (Lipinski definition) is 1. The number of para-hydroxylation sites is 1. The molecule has 0 unspecified atom stereocenters. The number of carbonyl (C=O) groups excluding carboxylic acids is 1. The lowest BCUT2D eigenvalue weighted by atomic mass is 9.97. The predicted octanol–water partition coefficient (Wildman–Crippen LogP) is 5.45. The molecule has 0 radical (unpaired) electrons. The number of hydrogen-bond acceptors (Lipinski definition) is 4. The maximum atomic E-state index is 12.5. The van der Waals surface area contributed by atoms with Crippen LogP contribution in [0.4, 0.5) is 10.5 Å². The highest BCUT2D eigenvalue weighted by atomic mass is 35.5. The monoisotopic (exact) mass is 416 g/mol. The molecular weight excluding hydrogens is 399 g/mol. The van der Waals surface area contributed by atoms with E-state index in [0.29, 0.717) is 40.5 Å². The molecule has 28 heavy (non-hydrogen) atoms. The molecule has 3 aromatic rings. The third kappa shape index (κ3) is 4.13. The van der Waals surface area contributed by atoms with Crippen molar-refractivity contribution in [1.29, 1.82) is 0 Å². The zero-order chi connectivity index (χ0) is 19.5. The van der Waals surface area contributed by atoms with Gasteiger partial charge in [0.25, 0.3) is 0 Å². The van der Waals surface area contributed by atoms with Gasteiger partial charge in [0.15, 0.2) is 0 Å². The predicted molar refractivity (Wildman–Crippen MR) is 109 cm³/mol. The van der Waals surface area contributed by atoms with Gasteiger partial charge in [0.2, 0.25) is 11.7 Å². The van der Waals surface area contributed by atoms with Gasteiger partial charge in [-0.15, -0.1) is 0 Å². The Bertz CT molecular complexity index is 966. The van der Waals surface area contributed by atoms with Gasteiger partial charge in [-0.25, -0.2) is 4.79 Å². The molecule has 144 valence electrons. The molecule has 2 aromatic carbocycles. The van der Waals surface area contributed by atoms with Gasteiger partial charge < -0.3 is 14.7 Å². The number of nitrogens with zero attached hydrogens (tertiary/aromatic N) is 3. The van der Waals surface area contributed by atoms with E-state index in [1.165, 1.54) is 0 Å². The van der Waals surface area contributed by atoms with Gasteiger partial charge in [-0.05, 0) is 49.2 Å². The number of likely N-dealkylation sites (tertiary alicyclic amines) is 1. The van der Waals surface area contributed by atoms with Gasteiger partial charge in [0.1, 0.15) is 0 Å². The van der Waals surface area contributed by atoms with Gasteiger partial charge in [-0.1, -0.05) is 40.5 Å². The Morgan fingerprint density at radius 3 is 2.50 bits per heavy atom. The highest BCUT2D eigenvalue weighted by molar-refractivity contribution is 6.33. The van der Waals surface area contributed by atoms with Crippen molar-refractivity contribution in [3.8, 4) is 11.4 Å². The molecule has 0 atom stereocenters. The molecule has 1 fully saturated rings. The van der Waals surface area contributed by atoms with Crippen molar-refractivity contribution in [2.45, 2.75) is 18.8 Å². The van der Waals surface area contributed by atoms with Crippen LogP contribution in [0.25, 0.3) is 11.4 Å². The molecule has 1 N–H and O–H groups in total. The summed E-state index contributed by atoms with van der Waals surface area (Å²) >= 11 is 12.0. The highest BCUT2D eigenvalue weighted by Crippen LogP contribution is 2.29. The zero-order valence-corrected chi connectivity index (χ0v) is 16.5. The van der Waals surface area contributed by atoms with Crippen LogP contribution < -0.4 is 5.32 Å². The van der Waals surface area contributed by atoms with Gasteiger partial charge in [-0.3, -0.25) is 0 Å². The second kappa shape index (κ2) is 8.20. The number of nitrogens with one attached hydrogen (secondary N) is 1. The van der Waals surface area contributed by atoms with Crippen LogP contribution >= 0.6 is 23.2 Å². The van der Waals surface area contributed by atoms with Crippen molar-refractivity contribution in [2.24, 2.45) is 0 Å². The van der Waals surface area contributed by atoms with Crippen LogP contribution in [0.3, 0.4) is 0 Å². The summed E-state index contributed by atoms with van der Waals surface area (Å²) in [6, 6.07) is 14.3. The first-order chi connectivity index (χ1) is 13.6. The van der Waals surface area contributed by atoms with Crippen LogP contribution in [0.2, 0.25) is 10.0 Å². The Morgan fingerprint density at radius 1 is 1.07 bits per heavy atom. The summed E-state index contributed by atoms with van der Waals surface area (Å²) in [6.07, 6.45) is 1.52. The van der Waals surface area contributed by atoms with Crippen LogP contribution in [-0.4, -0.2) is 34.2 Å². The Balaban J connectivity index is 1.36. The topological polar surface area (TPSA) is 71.3 Å². The SMILES string of the molecule is O=C(Nc1ccccc1Cl)N1CCC(c2nc(-c3ccc(Cl)cc3)no2)CC1. The third-order valence-corrected chi connectivity index (χ3v) is 5.37. The Labute approximate surface area is 172 Å². The number of halogens is 2. The molecular formula is C20H18Cl2N4O2. The fourth-order valence-corrected chi connectivity index (χ4v) is 3.51. The molecule has 0 spiro atoms. The van der Waals surface area contributed by atoms with Crippen molar-refractivity contribution in [1.82, 2.24) is 15.0 Å². The van der Waals surface area contributed by atoms with E-state index >= 15 is 0 Å². The summed E-state index contributed by atoms with van der Waals surface area (Å²) in [7, 11) is 0. The van der Waals surface area contributed by atoms with E-state index in [-0.39, 0.29) is 11.9 Å². The Hall–Kier alpha value is -2.57. The average molecular weight is 417 g/mol. The first-order valence-electron chi connectivity index (χ1n) is 9.00. The molecule has 1 aromatic heterocycles. The quantitative estimate of drug-likeness (QED) is 0.615. The number of carbonyl (C=O) groups is 1. The van der Waals surface area contributed by atoms with Gasteiger partial charge in [0, 0.05) is 29.6 Å². The molecule has 0 bridgehead atoms. The summed E-state index contributed by atoms with van der Waals surface area (Å²) < 4.78 is 5.47. The number of anilines is 1. The lowest BCUT2D eigenvalue weighted by molar-refractivity contribution is 0.187. The van der Waals surface area contributed by atoms with Crippen LogP contribution in [0.1, 0.15) is 24.7 Å². The first-order valence-corrected chi connectivity index (χ1v) is 9.76. The minimum absolute atomic E-state index is 0.137. The van der Waals surface area contributed by atoms with Crippen LogP contribution in [0.5, 0.6) is 0 Å². The van der Waals surface area contributed by atoms with Gasteiger partial charge in [-0.2, -0.15) is 4.98 Å². The maximum Gasteiger partial charge on any atom is 0.321 e. The van der Waals surface area contributed by atoms with Gasteiger partial charge >= 0.3 is 6.03 Å². The van der Waals surface area contributed by atoms with Crippen LogP contribution in [-0.2, 0) is 0 Å². The van der Waals surface area contributed by atoms with E-state index in [0.717, 1.165) is 18.4 Å². The number of amides is 2. The van der Waals surface area contributed by atoms with E-state index in [1.54, 1.807) is 29.2 Å². The number of benzene rings is 2. The van der Waals surface area contributed by atoms with Crippen molar-refractivity contribution in [2.75, 3.05) is 18.4 Å². The molecule has 1 aliphatic rings. The fourth-order valence-electron chi connectivity index (χ4n) is 3.20. The number of aromatic nitrogens is 2. The maximum absolute atomic E-state index is 12.5. The number of piperidine rings is 1. The van der Waals surface area contributed by atoms with Gasteiger partial charge in [0.05, 0.1) is 10.7 Å². The highest BCUT2D eigenvalue weighted by Gasteiger charge is 2.28. The normalized spacial score (nSPS) is 14.9. The summed E-state index contributed by atoms with van der Waals surface area (Å²) in [6.45, 7) is 1.22. The average Bonchev–Trinajstić information content (AvgIpc) is 3.20. The molecule has 6 nitrogen and oxygen atoms in total. The second-order valence-electron chi connectivity index (χ2n) is 6.63. The largest absolute Gasteiger partial charge is 0.339 e. The molecule has 2 amide bonds. The second-order valence-corrected chi connectivity index (χ2v) is 7.48. The molecule has 1 aliphatic heterocycles. The van der Waals surface area contributed by atoms with Crippen LogP contribution in [0, 0.1) is 0 Å². The fraction of sp³-hybridized carbons (Fsp3) is 0.250. The molecule has 0 aliphatic carbocycles. The van der Waals surface area contributed by atoms with Crippen molar-refractivity contribution in [3.63, 3.8) is 0 Å². The minimum Gasteiger partial charge on any atom is -0.339 e. The van der Waals surface area contributed by atoms with Crippen LogP contribution in [0.15, 0.2) is 53.1 Å². The number of rotatable bonds is 3. The molecule has 8 heteroatoms. The van der Waals surface area contributed by atoms with Crippen molar-refractivity contribution >= 4 is 34.9 Å². The van der Waals surface area contributed by atoms with Crippen molar-refractivity contribution in [3.05, 3.63) is 64.5 Å². The summed E-state index contributed by atoms with van der Waals surface area (Å²) in [5, 5.41) is 8.11. The molecule has 2 heterocycles.